The van der Waals surface area contributed by atoms with Crippen LogP contribution in [0.1, 0.15) is 17.8 Å². The number of ether oxygens (including phenoxy) is 1. The van der Waals surface area contributed by atoms with Crippen molar-refractivity contribution in [1.82, 2.24) is 4.57 Å². The summed E-state index contributed by atoms with van der Waals surface area (Å²) in [6, 6.07) is 2.91. The minimum Gasteiger partial charge on any atom is -0.479 e. The Hall–Kier alpha value is -1.62. The van der Waals surface area contributed by atoms with Crippen molar-refractivity contribution in [2.45, 2.75) is 25.8 Å². The van der Waals surface area contributed by atoms with Gasteiger partial charge in [0.05, 0.1) is 6.61 Å². The van der Waals surface area contributed by atoms with Gasteiger partial charge in [-0.05, 0) is 13.8 Å². The topological polar surface area (TPSA) is 68.5 Å². The number of rotatable bonds is 2. The molecule has 1 fully saturated rings. The molecule has 17 heavy (non-hydrogen) atoms. The Morgan fingerprint density at radius 3 is 2.41 bits per heavy atom. The van der Waals surface area contributed by atoms with Crippen LogP contribution >= 0.6 is 0 Å². The maximum absolute atomic E-state index is 11.5. The van der Waals surface area contributed by atoms with Gasteiger partial charge in [0, 0.05) is 36.5 Å². The van der Waals surface area contributed by atoms with E-state index in [9.17, 15) is 14.7 Å². The Kier molecular flexibility index (Phi) is 2.79. The van der Waals surface area contributed by atoms with Gasteiger partial charge in [-0.1, -0.05) is 0 Å². The van der Waals surface area contributed by atoms with Crippen LogP contribution in [0.25, 0.3) is 0 Å². The zero-order chi connectivity index (χ0) is 12.6. The molecule has 5 nitrogen and oxygen atoms in total. The standard InChI is InChI=1S/C12H15NO4/c1-8-5-10(14)6-9(2)13(8)12(11(15)16)3-4-17-7-12/h5-6H,3-4,7H2,1-2H3,(H,15,16). The molecule has 0 saturated carbocycles. The highest BCUT2D eigenvalue weighted by Crippen LogP contribution is 2.30. The summed E-state index contributed by atoms with van der Waals surface area (Å²) in [5.41, 5.74) is 0.142. The Labute approximate surface area is 98.6 Å². The van der Waals surface area contributed by atoms with Crippen molar-refractivity contribution in [2.75, 3.05) is 13.2 Å². The first-order chi connectivity index (χ1) is 7.97. The molecule has 1 aliphatic rings. The molecule has 0 aliphatic carbocycles. The highest BCUT2D eigenvalue weighted by molar-refractivity contribution is 5.77. The van der Waals surface area contributed by atoms with Gasteiger partial charge in [-0.15, -0.1) is 0 Å². The third kappa shape index (κ3) is 1.76. The zero-order valence-electron chi connectivity index (χ0n) is 9.90. The van der Waals surface area contributed by atoms with Crippen LogP contribution in [-0.4, -0.2) is 28.9 Å². The van der Waals surface area contributed by atoms with Gasteiger partial charge in [0.2, 0.25) is 0 Å². The van der Waals surface area contributed by atoms with Crippen molar-refractivity contribution in [3.8, 4) is 0 Å². The van der Waals surface area contributed by atoms with Gasteiger partial charge in [-0.25, -0.2) is 4.79 Å². The van der Waals surface area contributed by atoms with Crippen molar-refractivity contribution in [2.24, 2.45) is 0 Å². The number of carboxylic acid groups (broad SMARTS) is 1. The summed E-state index contributed by atoms with van der Waals surface area (Å²) < 4.78 is 6.93. The minimum atomic E-state index is -1.07. The van der Waals surface area contributed by atoms with Crippen LogP contribution in [0.15, 0.2) is 16.9 Å². The van der Waals surface area contributed by atoms with Gasteiger partial charge < -0.3 is 14.4 Å². The molecule has 1 saturated heterocycles. The maximum atomic E-state index is 11.5. The average Bonchev–Trinajstić information content (AvgIpc) is 2.66. The Bertz CT molecular complexity index is 485. The van der Waals surface area contributed by atoms with E-state index >= 15 is 0 Å². The summed E-state index contributed by atoms with van der Waals surface area (Å²) in [4.78, 5) is 22.9. The number of nitrogens with zero attached hydrogens (tertiary/aromatic N) is 1. The first kappa shape index (κ1) is 11.9. The lowest BCUT2D eigenvalue weighted by atomic mass is 9.96. The van der Waals surface area contributed by atoms with Gasteiger partial charge in [0.1, 0.15) is 0 Å². The van der Waals surface area contributed by atoms with Crippen LogP contribution in [-0.2, 0) is 15.1 Å². The predicted octanol–water partition coefficient (Wildman–Crippen LogP) is 0.665. The van der Waals surface area contributed by atoms with E-state index in [0.29, 0.717) is 24.4 Å². The van der Waals surface area contributed by atoms with Gasteiger partial charge in [-0.2, -0.15) is 0 Å². The van der Waals surface area contributed by atoms with Crippen LogP contribution in [0.2, 0.25) is 0 Å². The smallest absolute Gasteiger partial charge is 0.332 e. The van der Waals surface area contributed by atoms with Crippen LogP contribution in [0, 0.1) is 13.8 Å². The van der Waals surface area contributed by atoms with E-state index in [1.54, 1.807) is 18.4 Å². The number of hydrogen-bond donors (Lipinski definition) is 1. The molecule has 1 aliphatic heterocycles. The first-order valence-electron chi connectivity index (χ1n) is 5.49. The zero-order valence-corrected chi connectivity index (χ0v) is 9.90. The number of aliphatic carboxylic acids is 1. The molecule has 2 rings (SSSR count). The van der Waals surface area contributed by atoms with Gasteiger partial charge in [0.25, 0.3) is 0 Å². The summed E-state index contributed by atoms with van der Waals surface area (Å²) in [6.07, 6.45) is 0.423. The molecule has 0 spiro atoms. The molecule has 1 unspecified atom stereocenters. The molecule has 5 heteroatoms. The first-order valence-corrected chi connectivity index (χ1v) is 5.49. The molecule has 92 valence electrons. The van der Waals surface area contributed by atoms with E-state index in [4.69, 9.17) is 4.74 Å². The van der Waals surface area contributed by atoms with Crippen LogP contribution in [0.3, 0.4) is 0 Å². The van der Waals surface area contributed by atoms with Crippen molar-refractivity contribution in [3.63, 3.8) is 0 Å². The molecule has 0 radical (unpaired) electrons. The average molecular weight is 237 g/mol. The second-order valence-corrected chi connectivity index (χ2v) is 4.45. The molecule has 1 N–H and O–H groups in total. The van der Waals surface area contributed by atoms with E-state index in [2.05, 4.69) is 0 Å². The molecule has 1 aromatic heterocycles. The number of aromatic nitrogens is 1. The van der Waals surface area contributed by atoms with Crippen molar-refractivity contribution < 1.29 is 14.6 Å². The fraction of sp³-hybridized carbons (Fsp3) is 0.500. The molecular weight excluding hydrogens is 222 g/mol. The second-order valence-electron chi connectivity index (χ2n) is 4.45. The molecule has 1 aromatic rings. The quantitative estimate of drug-likeness (QED) is 0.820. The monoisotopic (exact) mass is 237 g/mol. The summed E-state index contributed by atoms with van der Waals surface area (Å²) in [5, 5.41) is 9.46. The third-order valence-electron chi connectivity index (χ3n) is 3.23. The molecule has 1 atom stereocenters. The SMILES string of the molecule is Cc1cc(=O)cc(C)n1C1(C(=O)O)CCOC1. The third-order valence-corrected chi connectivity index (χ3v) is 3.23. The number of carboxylic acids is 1. The van der Waals surface area contributed by atoms with Gasteiger partial charge in [-0.3, -0.25) is 4.79 Å². The van der Waals surface area contributed by atoms with E-state index < -0.39 is 11.5 Å². The lowest BCUT2D eigenvalue weighted by Crippen LogP contribution is -2.45. The van der Waals surface area contributed by atoms with E-state index in [-0.39, 0.29) is 12.0 Å². The van der Waals surface area contributed by atoms with Crippen molar-refractivity contribution in [1.29, 1.82) is 0 Å². The number of aryl methyl sites for hydroxylation is 2. The number of carbonyl (C=O) groups is 1. The maximum Gasteiger partial charge on any atom is 0.332 e. The minimum absolute atomic E-state index is 0.101. The summed E-state index contributed by atoms with van der Waals surface area (Å²) >= 11 is 0. The molecule has 0 aromatic carbocycles. The van der Waals surface area contributed by atoms with E-state index in [0.717, 1.165) is 0 Å². The fourth-order valence-electron chi connectivity index (χ4n) is 2.53. The summed E-state index contributed by atoms with van der Waals surface area (Å²) in [5.74, 6) is -0.912. The van der Waals surface area contributed by atoms with Crippen LogP contribution < -0.4 is 5.43 Å². The Morgan fingerprint density at radius 2 is 2.00 bits per heavy atom. The van der Waals surface area contributed by atoms with Crippen LogP contribution in [0.4, 0.5) is 0 Å². The Balaban J connectivity index is 2.66. The largest absolute Gasteiger partial charge is 0.479 e. The molecule has 0 amide bonds. The normalized spacial score (nSPS) is 23.9. The van der Waals surface area contributed by atoms with E-state index in [1.165, 1.54) is 12.1 Å². The lowest BCUT2D eigenvalue weighted by molar-refractivity contribution is -0.147. The second kappa shape index (κ2) is 4.00. The highest BCUT2D eigenvalue weighted by atomic mass is 16.5. The van der Waals surface area contributed by atoms with Crippen LogP contribution in [0.5, 0.6) is 0 Å². The van der Waals surface area contributed by atoms with Crippen molar-refractivity contribution in [3.05, 3.63) is 33.7 Å². The highest BCUT2D eigenvalue weighted by Gasteiger charge is 2.45. The molecule has 0 bridgehead atoms. The number of hydrogen-bond acceptors (Lipinski definition) is 3. The van der Waals surface area contributed by atoms with Crippen molar-refractivity contribution >= 4 is 5.97 Å². The van der Waals surface area contributed by atoms with E-state index in [1.807, 2.05) is 0 Å². The molecule has 2 heterocycles. The number of pyridine rings is 1. The predicted molar refractivity (Wildman–Crippen MR) is 61.2 cm³/mol. The summed E-state index contributed by atoms with van der Waals surface area (Å²) in [6.45, 7) is 4.07. The van der Waals surface area contributed by atoms with Gasteiger partial charge >= 0.3 is 5.97 Å². The van der Waals surface area contributed by atoms with Gasteiger partial charge in [0.15, 0.2) is 11.0 Å². The summed E-state index contributed by atoms with van der Waals surface area (Å²) in [7, 11) is 0. The fourth-order valence-corrected chi connectivity index (χ4v) is 2.53. The lowest BCUT2D eigenvalue weighted by Gasteiger charge is -2.30. The Morgan fingerprint density at radius 1 is 1.41 bits per heavy atom. The molecular formula is C12H15NO4.